The number of rotatable bonds is 6. The van der Waals surface area contributed by atoms with Gasteiger partial charge in [-0.25, -0.2) is 8.42 Å². The van der Waals surface area contributed by atoms with Gasteiger partial charge in [0.15, 0.2) is 0 Å². The van der Waals surface area contributed by atoms with E-state index in [0.29, 0.717) is 12.5 Å². The second-order valence-electron chi connectivity index (χ2n) is 5.11. The molecule has 0 bridgehead atoms. The Hall–Kier alpha value is -0.170. The summed E-state index contributed by atoms with van der Waals surface area (Å²) >= 11 is 0. The van der Waals surface area contributed by atoms with E-state index in [1.165, 1.54) is 6.26 Å². The van der Waals surface area contributed by atoms with E-state index < -0.39 is 9.84 Å². The maximum Gasteiger partial charge on any atom is 0.148 e. The van der Waals surface area contributed by atoms with E-state index in [-0.39, 0.29) is 5.75 Å². The lowest BCUT2D eigenvalue weighted by atomic mass is 10.1. The van der Waals surface area contributed by atoms with Crippen molar-refractivity contribution in [2.45, 2.75) is 6.92 Å². The molecule has 0 amide bonds. The molecule has 0 aromatic carbocycles. The SMILES string of the molecule is CC(CN)CN1CCN(CCS(C)(=O)=O)CC1. The fourth-order valence-corrected chi connectivity index (χ4v) is 2.60. The normalized spacial score (nSPS) is 21.6. The topological polar surface area (TPSA) is 66.6 Å². The van der Waals surface area contributed by atoms with Crippen LogP contribution in [0.3, 0.4) is 0 Å². The predicted molar refractivity (Wildman–Crippen MR) is 70.8 cm³/mol. The number of nitrogens with zero attached hydrogens (tertiary/aromatic N) is 2. The predicted octanol–water partition coefficient (Wildman–Crippen LogP) is -0.757. The molecule has 1 heterocycles. The van der Waals surface area contributed by atoms with E-state index in [9.17, 15) is 8.42 Å². The van der Waals surface area contributed by atoms with Gasteiger partial charge in [0.2, 0.25) is 0 Å². The molecule has 1 atom stereocenters. The molecular weight excluding hydrogens is 238 g/mol. The van der Waals surface area contributed by atoms with Crippen molar-refractivity contribution in [3.05, 3.63) is 0 Å². The van der Waals surface area contributed by atoms with Crippen molar-refractivity contribution in [2.75, 3.05) is 57.8 Å². The van der Waals surface area contributed by atoms with Gasteiger partial charge in [0, 0.05) is 45.5 Å². The van der Waals surface area contributed by atoms with Crippen molar-refractivity contribution >= 4 is 9.84 Å². The average Bonchev–Trinajstić information content (AvgIpc) is 2.27. The largest absolute Gasteiger partial charge is 0.330 e. The molecule has 1 fully saturated rings. The van der Waals surface area contributed by atoms with Crippen LogP contribution < -0.4 is 5.73 Å². The molecule has 0 saturated carbocycles. The van der Waals surface area contributed by atoms with Gasteiger partial charge in [0.25, 0.3) is 0 Å². The van der Waals surface area contributed by atoms with Crippen molar-refractivity contribution in [1.29, 1.82) is 0 Å². The van der Waals surface area contributed by atoms with Crippen molar-refractivity contribution in [2.24, 2.45) is 11.7 Å². The first-order valence-electron chi connectivity index (χ1n) is 6.23. The molecule has 2 N–H and O–H groups in total. The van der Waals surface area contributed by atoms with Crippen molar-refractivity contribution in [1.82, 2.24) is 9.80 Å². The maximum absolute atomic E-state index is 11.1. The highest BCUT2D eigenvalue weighted by molar-refractivity contribution is 7.90. The van der Waals surface area contributed by atoms with Gasteiger partial charge in [-0.2, -0.15) is 0 Å². The molecule has 0 aliphatic carbocycles. The minimum Gasteiger partial charge on any atom is -0.330 e. The van der Waals surface area contributed by atoms with E-state index >= 15 is 0 Å². The zero-order valence-corrected chi connectivity index (χ0v) is 11.7. The molecule has 1 aliphatic heterocycles. The number of piperazine rings is 1. The second-order valence-corrected chi connectivity index (χ2v) is 7.37. The Morgan fingerprint density at radius 2 is 1.71 bits per heavy atom. The summed E-state index contributed by atoms with van der Waals surface area (Å²) in [5, 5.41) is 0. The van der Waals surface area contributed by atoms with Crippen LogP contribution in [-0.4, -0.2) is 76.0 Å². The van der Waals surface area contributed by atoms with Gasteiger partial charge in [0.05, 0.1) is 5.75 Å². The monoisotopic (exact) mass is 263 g/mol. The van der Waals surface area contributed by atoms with Crippen LogP contribution in [0.15, 0.2) is 0 Å². The highest BCUT2D eigenvalue weighted by Gasteiger charge is 2.18. The number of hydrogen-bond acceptors (Lipinski definition) is 5. The van der Waals surface area contributed by atoms with E-state index in [1.807, 2.05) is 0 Å². The summed E-state index contributed by atoms with van der Waals surface area (Å²) in [5.41, 5.74) is 5.61. The van der Waals surface area contributed by atoms with Crippen LogP contribution in [-0.2, 0) is 9.84 Å². The molecule has 0 aromatic rings. The summed E-state index contributed by atoms with van der Waals surface area (Å²) in [4.78, 5) is 4.64. The Morgan fingerprint density at radius 1 is 1.18 bits per heavy atom. The molecule has 1 saturated heterocycles. The Labute approximate surface area is 105 Å². The molecule has 5 nitrogen and oxygen atoms in total. The third kappa shape index (κ3) is 6.35. The Balaban J connectivity index is 2.22. The summed E-state index contributed by atoms with van der Waals surface area (Å²) < 4.78 is 22.1. The lowest BCUT2D eigenvalue weighted by molar-refractivity contribution is 0.126. The van der Waals surface area contributed by atoms with Gasteiger partial charge in [-0.3, -0.25) is 4.90 Å². The van der Waals surface area contributed by atoms with Gasteiger partial charge < -0.3 is 10.6 Å². The molecule has 1 aliphatic rings. The van der Waals surface area contributed by atoms with Gasteiger partial charge in [-0.15, -0.1) is 0 Å². The zero-order chi connectivity index (χ0) is 12.9. The molecular formula is C11H25N3O2S. The van der Waals surface area contributed by atoms with Crippen LogP contribution in [0.2, 0.25) is 0 Å². The first-order valence-corrected chi connectivity index (χ1v) is 8.29. The number of hydrogen-bond donors (Lipinski definition) is 1. The smallest absolute Gasteiger partial charge is 0.148 e. The van der Waals surface area contributed by atoms with Crippen LogP contribution in [0.1, 0.15) is 6.92 Å². The lowest BCUT2D eigenvalue weighted by Gasteiger charge is -2.35. The van der Waals surface area contributed by atoms with Crippen LogP contribution in [0, 0.1) is 5.92 Å². The van der Waals surface area contributed by atoms with Crippen molar-refractivity contribution < 1.29 is 8.42 Å². The standard InChI is InChI=1S/C11H25N3O2S/c1-11(9-12)10-14-5-3-13(4-6-14)7-8-17(2,15)16/h11H,3-10,12H2,1-2H3. The summed E-state index contributed by atoms with van der Waals surface area (Å²) in [6, 6.07) is 0. The highest BCUT2D eigenvalue weighted by Crippen LogP contribution is 2.05. The molecule has 1 rings (SSSR count). The second kappa shape index (κ2) is 6.68. The lowest BCUT2D eigenvalue weighted by Crippen LogP contribution is -2.49. The minimum absolute atomic E-state index is 0.270. The van der Waals surface area contributed by atoms with Crippen molar-refractivity contribution in [3.63, 3.8) is 0 Å². The number of nitrogens with two attached hydrogens (primary N) is 1. The summed E-state index contributed by atoms with van der Waals surface area (Å²) in [6.45, 7) is 8.59. The van der Waals surface area contributed by atoms with E-state index in [1.54, 1.807) is 0 Å². The molecule has 17 heavy (non-hydrogen) atoms. The first-order chi connectivity index (χ1) is 7.90. The summed E-state index contributed by atoms with van der Waals surface area (Å²) in [6.07, 6.45) is 1.30. The van der Waals surface area contributed by atoms with E-state index in [4.69, 9.17) is 5.73 Å². The highest BCUT2D eigenvalue weighted by atomic mass is 32.2. The summed E-state index contributed by atoms with van der Waals surface area (Å²) in [7, 11) is -2.83. The Morgan fingerprint density at radius 3 is 2.18 bits per heavy atom. The van der Waals surface area contributed by atoms with Crippen LogP contribution >= 0.6 is 0 Å². The molecule has 0 aromatic heterocycles. The van der Waals surface area contributed by atoms with E-state index in [0.717, 1.165) is 39.3 Å². The summed E-state index contributed by atoms with van der Waals surface area (Å²) in [5.74, 6) is 0.809. The molecule has 102 valence electrons. The third-order valence-corrected chi connectivity index (χ3v) is 4.14. The van der Waals surface area contributed by atoms with Gasteiger partial charge in [-0.1, -0.05) is 6.92 Å². The number of sulfone groups is 1. The minimum atomic E-state index is -2.83. The molecule has 0 spiro atoms. The molecule has 1 unspecified atom stereocenters. The van der Waals surface area contributed by atoms with E-state index in [2.05, 4.69) is 16.7 Å². The molecule has 6 heteroatoms. The van der Waals surface area contributed by atoms with Crippen LogP contribution in [0.25, 0.3) is 0 Å². The van der Waals surface area contributed by atoms with Gasteiger partial charge >= 0.3 is 0 Å². The average molecular weight is 263 g/mol. The Bertz CT molecular complexity index is 311. The first kappa shape index (κ1) is 14.9. The van der Waals surface area contributed by atoms with Crippen LogP contribution in [0.5, 0.6) is 0 Å². The quantitative estimate of drug-likeness (QED) is 0.682. The molecule has 0 radical (unpaired) electrons. The van der Waals surface area contributed by atoms with Gasteiger partial charge in [-0.05, 0) is 12.5 Å². The van der Waals surface area contributed by atoms with Crippen LogP contribution in [0.4, 0.5) is 0 Å². The third-order valence-electron chi connectivity index (χ3n) is 3.22. The zero-order valence-electron chi connectivity index (χ0n) is 10.9. The fourth-order valence-electron chi connectivity index (χ4n) is 2.01. The van der Waals surface area contributed by atoms with Gasteiger partial charge in [0.1, 0.15) is 9.84 Å². The fraction of sp³-hybridized carbons (Fsp3) is 1.00. The Kier molecular flexibility index (Phi) is 5.85. The van der Waals surface area contributed by atoms with Crippen molar-refractivity contribution in [3.8, 4) is 0 Å². The maximum atomic E-state index is 11.1.